The van der Waals surface area contributed by atoms with Crippen molar-refractivity contribution in [1.29, 1.82) is 0 Å². The molecule has 0 atom stereocenters. The van der Waals surface area contributed by atoms with Gasteiger partial charge in [0.15, 0.2) is 11.5 Å². The van der Waals surface area contributed by atoms with Crippen molar-refractivity contribution in [3.63, 3.8) is 0 Å². The molecule has 1 amide bonds. The molecule has 3 aromatic rings. The van der Waals surface area contributed by atoms with Gasteiger partial charge in [-0.15, -0.1) is 0 Å². The first kappa shape index (κ1) is 20.3. The van der Waals surface area contributed by atoms with Crippen LogP contribution >= 0.6 is 0 Å². The van der Waals surface area contributed by atoms with Gasteiger partial charge in [-0.3, -0.25) is 4.79 Å². The van der Waals surface area contributed by atoms with Crippen LogP contribution in [0.1, 0.15) is 22.6 Å². The van der Waals surface area contributed by atoms with Crippen LogP contribution in [0.25, 0.3) is 0 Å². The van der Waals surface area contributed by atoms with Crippen molar-refractivity contribution in [2.24, 2.45) is 0 Å². The minimum atomic E-state index is -0.124. The van der Waals surface area contributed by atoms with Gasteiger partial charge in [-0.25, -0.2) is 0 Å². The number of amides is 1. The Morgan fingerprint density at radius 1 is 1.03 bits per heavy atom. The van der Waals surface area contributed by atoms with Crippen LogP contribution in [0, 0.1) is 13.8 Å². The van der Waals surface area contributed by atoms with Crippen LogP contribution in [-0.2, 0) is 17.8 Å². The monoisotopic (exact) mass is 396 g/mol. The van der Waals surface area contributed by atoms with E-state index in [2.05, 4.69) is 10.5 Å². The minimum absolute atomic E-state index is 0.124. The smallest absolute Gasteiger partial charge is 0.228 e. The van der Waals surface area contributed by atoms with E-state index >= 15 is 0 Å². The number of ether oxygens (including phenoxy) is 3. The van der Waals surface area contributed by atoms with Gasteiger partial charge in [0.2, 0.25) is 5.91 Å². The van der Waals surface area contributed by atoms with E-state index in [9.17, 15) is 4.79 Å². The second-order valence-corrected chi connectivity index (χ2v) is 6.53. The Balaban J connectivity index is 1.56. The van der Waals surface area contributed by atoms with E-state index in [0.717, 1.165) is 22.6 Å². The normalized spacial score (nSPS) is 10.5. The predicted octanol–water partition coefficient (Wildman–Crippen LogP) is 4.07. The number of carbonyl (C=O) groups is 1. The molecule has 0 aliphatic rings. The van der Waals surface area contributed by atoms with Crippen LogP contribution in [0.15, 0.2) is 47.0 Å². The van der Waals surface area contributed by atoms with E-state index in [1.165, 1.54) is 0 Å². The first-order valence-corrected chi connectivity index (χ1v) is 9.15. The number of aryl methyl sites for hydroxylation is 2. The second-order valence-electron chi connectivity index (χ2n) is 6.53. The highest BCUT2D eigenvalue weighted by Crippen LogP contribution is 2.29. The van der Waals surface area contributed by atoms with Gasteiger partial charge in [-0.2, -0.15) is 0 Å². The molecule has 3 rings (SSSR count). The molecule has 0 radical (unpaired) electrons. The fourth-order valence-electron chi connectivity index (χ4n) is 2.87. The lowest BCUT2D eigenvalue weighted by molar-refractivity contribution is -0.115. The molecule has 152 valence electrons. The summed E-state index contributed by atoms with van der Waals surface area (Å²) < 4.78 is 21.4. The van der Waals surface area contributed by atoms with Crippen molar-refractivity contribution < 1.29 is 23.5 Å². The summed E-state index contributed by atoms with van der Waals surface area (Å²) in [4.78, 5) is 12.3. The maximum atomic E-state index is 12.3. The van der Waals surface area contributed by atoms with Gasteiger partial charge in [0.05, 0.1) is 31.9 Å². The molecule has 0 aliphatic heterocycles. The maximum Gasteiger partial charge on any atom is 0.228 e. The van der Waals surface area contributed by atoms with E-state index in [1.807, 2.05) is 38.1 Å². The van der Waals surface area contributed by atoms with Gasteiger partial charge in [0.1, 0.15) is 18.1 Å². The molecule has 29 heavy (non-hydrogen) atoms. The van der Waals surface area contributed by atoms with Crippen molar-refractivity contribution in [2.75, 3.05) is 19.5 Å². The van der Waals surface area contributed by atoms with E-state index in [4.69, 9.17) is 18.7 Å². The zero-order valence-electron chi connectivity index (χ0n) is 16.9. The van der Waals surface area contributed by atoms with Crippen LogP contribution < -0.4 is 19.5 Å². The second kappa shape index (κ2) is 9.14. The molecule has 1 aromatic heterocycles. The average Bonchev–Trinajstić information content (AvgIpc) is 3.04. The van der Waals surface area contributed by atoms with E-state index < -0.39 is 0 Å². The average molecular weight is 396 g/mol. The van der Waals surface area contributed by atoms with Crippen LogP contribution in [0.3, 0.4) is 0 Å². The lowest BCUT2D eigenvalue weighted by Crippen LogP contribution is -2.14. The number of nitrogens with zero attached hydrogens (tertiary/aromatic N) is 1. The van der Waals surface area contributed by atoms with Crippen molar-refractivity contribution in [3.8, 4) is 17.2 Å². The summed E-state index contributed by atoms with van der Waals surface area (Å²) >= 11 is 0. The van der Waals surface area contributed by atoms with Crippen LogP contribution in [-0.4, -0.2) is 25.3 Å². The van der Waals surface area contributed by atoms with Crippen LogP contribution in [0.5, 0.6) is 17.2 Å². The molecule has 1 N–H and O–H groups in total. The summed E-state index contributed by atoms with van der Waals surface area (Å²) in [5.41, 5.74) is 3.30. The summed E-state index contributed by atoms with van der Waals surface area (Å²) in [6.07, 6.45) is 0.249. The number of anilines is 1. The number of methoxy groups -OCH3 is 2. The van der Waals surface area contributed by atoms with E-state index in [1.54, 1.807) is 32.4 Å². The number of rotatable bonds is 8. The van der Waals surface area contributed by atoms with Crippen molar-refractivity contribution in [3.05, 3.63) is 65.0 Å². The number of carbonyl (C=O) groups excluding carboxylic acids is 1. The van der Waals surface area contributed by atoms with Crippen molar-refractivity contribution in [1.82, 2.24) is 5.16 Å². The fraction of sp³-hybridized carbons (Fsp3) is 0.273. The number of hydrogen-bond acceptors (Lipinski definition) is 6. The zero-order chi connectivity index (χ0) is 20.8. The lowest BCUT2D eigenvalue weighted by atomic mass is 10.1. The molecule has 7 heteroatoms. The first-order chi connectivity index (χ1) is 14.0. The molecule has 7 nitrogen and oxygen atoms in total. The number of aromatic nitrogens is 1. The van der Waals surface area contributed by atoms with Gasteiger partial charge >= 0.3 is 0 Å². The minimum Gasteiger partial charge on any atom is -0.493 e. The maximum absolute atomic E-state index is 12.3. The Hall–Kier alpha value is -3.48. The molecule has 2 aromatic carbocycles. The van der Waals surface area contributed by atoms with Crippen LogP contribution in [0.2, 0.25) is 0 Å². The summed E-state index contributed by atoms with van der Waals surface area (Å²) in [7, 11) is 3.12. The molecule has 0 saturated heterocycles. The van der Waals surface area contributed by atoms with Gasteiger partial charge in [0.25, 0.3) is 0 Å². The van der Waals surface area contributed by atoms with Crippen LogP contribution in [0.4, 0.5) is 5.69 Å². The molecule has 0 unspecified atom stereocenters. The Morgan fingerprint density at radius 2 is 1.76 bits per heavy atom. The van der Waals surface area contributed by atoms with E-state index in [-0.39, 0.29) is 12.3 Å². The Bertz CT molecular complexity index is 960. The Morgan fingerprint density at radius 3 is 2.38 bits per heavy atom. The largest absolute Gasteiger partial charge is 0.493 e. The number of benzene rings is 2. The number of nitrogens with one attached hydrogen (secondary N) is 1. The molecule has 1 heterocycles. The number of hydrogen-bond donors (Lipinski definition) is 1. The summed E-state index contributed by atoms with van der Waals surface area (Å²) in [6.45, 7) is 4.13. The highest BCUT2D eigenvalue weighted by molar-refractivity contribution is 5.92. The fourth-order valence-corrected chi connectivity index (χ4v) is 2.87. The van der Waals surface area contributed by atoms with Gasteiger partial charge in [-0.05, 0) is 43.7 Å². The molecule has 0 fully saturated rings. The SMILES string of the molecule is COc1ccc(NC(=O)Cc2ccc(OCc3c(C)noc3C)cc2)cc1OC. The Labute approximate surface area is 169 Å². The quantitative estimate of drug-likeness (QED) is 0.618. The third-order valence-electron chi connectivity index (χ3n) is 4.52. The third-order valence-corrected chi connectivity index (χ3v) is 4.52. The van der Waals surface area contributed by atoms with Crippen molar-refractivity contribution >= 4 is 11.6 Å². The summed E-state index contributed by atoms with van der Waals surface area (Å²) in [5, 5.41) is 6.78. The predicted molar refractivity (Wildman–Crippen MR) is 109 cm³/mol. The van der Waals surface area contributed by atoms with Crippen molar-refractivity contribution in [2.45, 2.75) is 26.9 Å². The van der Waals surface area contributed by atoms with Gasteiger partial charge < -0.3 is 24.1 Å². The molecule has 0 aliphatic carbocycles. The molecule has 0 saturated carbocycles. The topological polar surface area (TPSA) is 82.8 Å². The van der Waals surface area contributed by atoms with E-state index in [0.29, 0.717) is 29.5 Å². The molecule has 0 bridgehead atoms. The van der Waals surface area contributed by atoms with Gasteiger partial charge in [-0.1, -0.05) is 17.3 Å². The third kappa shape index (κ3) is 5.07. The highest BCUT2D eigenvalue weighted by Gasteiger charge is 2.11. The highest BCUT2D eigenvalue weighted by atomic mass is 16.5. The molecular formula is C22H24N2O5. The van der Waals surface area contributed by atoms with Gasteiger partial charge in [0, 0.05) is 11.8 Å². The lowest BCUT2D eigenvalue weighted by Gasteiger charge is -2.11. The molecule has 0 spiro atoms. The Kier molecular flexibility index (Phi) is 6.39. The summed E-state index contributed by atoms with van der Waals surface area (Å²) in [5.74, 6) is 2.52. The molecular weight excluding hydrogens is 372 g/mol. The standard InChI is InChI=1S/C22H24N2O5/c1-14-19(15(2)29-24-14)13-28-18-8-5-16(6-9-18)11-22(25)23-17-7-10-20(26-3)21(12-17)27-4/h5-10,12H,11,13H2,1-4H3,(H,23,25). The summed E-state index contributed by atoms with van der Waals surface area (Å²) in [6, 6.07) is 12.7. The first-order valence-electron chi connectivity index (χ1n) is 9.15. The zero-order valence-corrected chi connectivity index (χ0v) is 16.9.